The number of hydrazine groups is 1. The van der Waals surface area contributed by atoms with Crippen LogP contribution in [-0.4, -0.2) is 45.0 Å². The Bertz CT molecular complexity index is 813. The smallest absolute Gasteiger partial charge is 0.270 e. The highest BCUT2D eigenvalue weighted by atomic mass is 32.1. The van der Waals surface area contributed by atoms with Crippen molar-refractivity contribution in [3.63, 3.8) is 0 Å². The highest BCUT2D eigenvalue weighted by molar-refractivity contribution is 7.80. The van der Waals surface area contributed by atoms with Gasteiger partial charge in [-0.05, 0) is 45.0 Å². The predicted molar refractivity (Wildman–Crippen MR) is 98.2 cm³/mol. The molecule has 25 heavy (non-hydrogen) atoms. The summed E-state index contributed by atoms with van der Waals surface area (Å²) in [6.07, 6.45) is 2.28. The number of thiocarbonyl (C=S) groups is 1. The molecule has 0 spiro atoms. The van der Waals surface area contributed by atoms with E-state index in [4.69, 9.17) is 17.0 Å². The van der Waals surface area contributed by atoms with E-state index < -0.39 is 0 Å². The fraction of sp³-hybridized carbons (Fsp3) is 0.500. The predicted octanol–water partition coefficient (Wildman–Crippen LogP) is 0.873. The van der Waals surface area contributed by atoms with Gasteiger partial charge in [0.25, 0.3) is 5.91 Å². The minimum absolute atomic E-state index is 0.177. The zero-order valence-corrected chi connectivity index (χ0v) is 15.4. The lowest BCUT2D eigenvalue weighted by molar-refractivity contribution is 0.0944. The quantitative estimate of drug-likeness (QED) is 0.551. The van der Waals surface area contributed by atoms with E-state index in [2.05, 4.69) is 26.3 Å². The minimum atomic E-state index is -0.284. The third-order valence-corrected chi connectivity index (χ3v) is 4.39. The molecule has 0 aliphatic carbocycles. The van der Waals surface area contributed by atoms with Gasteiger partial charge in [0.15, 0.2) is 10.8 Å². The van der Waals surface area contributed by atoms with Crippen LogP contribution in [0.4, 0.5) is 0 Å². The molecule has 0 saturated carbocycles. The maximum Gasteiger partial charge on any atom is 0.270 e. The van der Waals surface area contributed by atoms with Crippen molar-refractivity contribution in [3.05, 3.63) is 23.0 Å². The average Bonchev–Trinajstić information content (AvgIpc) is 3.19. The average molecular weight is 362 g/mol. The molecule has 1 atom stereocenters. The van der Waals surface area contributed by atoms with Crippen molar-refractivity contribution in [2.45, 2.75) is 32.8 Å². The molecule has 1 fully saturated rings. The molecule has 1 aliphatic heterocycles. The SMILES string of the molecule is Cc1cc(C(=O)NNC(=S)NC[C@H]2CCCO2)c2c(C)nn(C)c2n1. The largest absolute Gasteiger partial charge is 0.376 e. The van der Waals surface area contributed by atoms with Crippen LogP contribution in [0.1, 0.15) is 34.6 Å². The monoisotopic (exact) mass is 362 g/mol. The maximum atomic E-state index is 12.6. The second kappa shape index (κ2) is 7.32. The normalized spacial score (nSPS) is 16.8. The zero-order chi connectivity index (χ0) is 18.0. The fourth-order valence-corrected chi connectivity index (χ4v) is 3.12. The number of nitrogens with zero attached hydrogens (tertiary/aromatic N) is 3. The number of carbonyl (C=O) groups is 1. The second-order valence-corrected chi connectivity index (χ2v) is 6.55. The number of ether oxygens (including phenoxy) is 1. The molecule has 3 N–H and O–H groups in total. The summed E-state index contributed by atoms with van der Waals surface area (Å²) in [5.74, 6) is -0.284. The van der Waals surface area contributed by atoms with Gasteiger partial charge in [-0.15, -0.1) is 0 Å². The molecule has 134 valence electrons. The third-order valence-electron chi connectivity index (χ3n) is 4.15. The van der Waals surface area contributed by atoms with Crippen LogP contribution in [-0.2, 0) is 11.8 Å². The Morgan fingerprint density at radius 1 is 1.44 bits per heavy atom. The van der Waals surface area contributed by atoms with E-state index in [-0.39, 0.29) is 12.0 Å². The molecule has 2 aromatic heterocycles. The lowest BCUT2D eigenvalue weighted by Crippen LogP contribution is -2.48. The molecular weight excluding hydrogens is 340 g/mol. The summed E-state index contributed by atoms with van der Waals surface area (Å²) in [6, 6.07) is 1.75. The lowest BCUT2D eigenvalue weighted by Gasteiger charge is -2.15. The van der Waals surface area contributed by atoms with Crippen LogP contribution in [0.2, 0.25) is 0 Å². The molecule has 0 aromatic carbocycles. The van der Waals surface area contributed by atoms with Crippen LogP contribution < -0.4 is 16.2 Å². The minimum Gasteiger partial charge on any atom is -0.376 e. The summed E-state index contributed by atoms with van der Waals surface area (Å²) in [6.45, 7) is 5.13. The van der Waals surface area contributed by atoms with Crippen molar-refractivity contribution in [3.8, 4) is 0 Å². The first-order valence-electron chi connectivity index (χ1n) is 8.22. The Kier molecular flexibility index (Phi) is 5.14. The van der Waals surface area contributed by atoms with Crippen LogP contribution in [0.3, 0.4) is 0 Å². The molecule has 1 saturated heterocycles. The van der Waals surface area contributed by atoms with Gasteiger partial charge in [0.05, 0.1) is 22.7 Å². The van der Waals surface area contributed by atoms with Crippen molar-refractivity contribution in [2.75, 3.05) is 13.2 Å². The number of carbonyl (C=O) groups excluding carboxylic acids is 1. The van der Waals surface area contributed by atoms with E-state index in [0.717, 1.165) is 36.2 Å². The third kappa shape index (κ3) is 3.88. The number of rotatable bonds is 3. The Labute approximate surface area is 151 Å². The van der Waals surface area contributed by atoms with Gasteiger partial charge < -0.3 is 10.1 Å². The van der Waals surface area contributed by atoms with Crippen molar-refractivity contribution >= 4 is 34.3 Å². The van der Waals surface area contributed by atoms with E-state index in [1.54, 1.807) is 10.7 Å². The Hall–Kier alpha value is -2.26. The first kappa shape index (κ1) is 17.6. The standard InChI is InChI=1S/C16H22N6O2S/c1-9-7-12(13-10(2)21-22(3)14(13)18-9)15(23)19-20-16(25)17-8-11-5-4-6-24-11/h7,11H,4-6,8H2,1-3H3,(H,19,23)(H2,17,20,25)/t11-/m1/s1. The highest BCUT2D eigenvalue weighted by Gasteiger charge is 2.18. The molecule has 9 heteroatoms. The van der Waals surface area contributed by atoms with Crippen LogP contribution in [0.5, 0.6) is 0 Å². The van der Waals surface area contributed by atoms with Gasteiger partial charge in [-0.1, -0.05) is 0 Å². The Morgan fingerprint density at radius 2 is 2.24 bits per heavy atom. The second-order valence-electron chi connectivity index (χ2n) is 6.14. The number of hydrogen-bond acceptors (Lipinski definition) is 5. The topological polar surface area (TPSA) is 93.1 Å². The van der Waals surface area contributed by atoms with Crippen molar-refractivity contribution < 1.29 is 9.53 Å². The molecular formula is C16H22N6O2S. The number of pyridine rings is 1. The molecule has 1 amide bonds. The van der Waals surface area contributed by atoms with Crippen LogP contribution >= 0.6 is 12.2 Å². The van der Waals surface area contributed by atoms with Gasteiger partial charge in [-0.3, -0.25) is 20.3 Å². The molecule has 2 aromatic rings. The van der Waals surface area contributed by atoms with E-state index in [1.165, 1.54) is 0 Å². The van der Waals surface area contributed by atoms with E-state index >= 15 is 0 Å². The summed E-state index contributed by atoms with van der Waals surface area (Å²) in [5.41, 5.74) is 8.07. The van der Waals surface area contributed by atoms with Gasteiger partial charge >= 0.3 is 0 Å². The number of aromatic nitrogens is 3. The van der Waals surface area contributed by atoms with Gasteiger partial charge in [0.2, 0.25) is 0 Å². The molecule has 0 radical (unpaired) electrons. The van der Waals surface area contributed by atoms with Crippen molar-refractivity contribution in [1.82, 2.24) is 30.9 Å². The van der Waals surface area contributed by atoms with Crippen LogP contribution in [0.25, 0.3) is 11.0 Å². The van der Waals surface area contributed by atoms with Gasteiger partial charge in [0, 0.05) is 25.9 Å². The van der Waals surface area contributed by atoms with E-state index in [1.807, 2.05) is 20.9 Å². The summed E-state index contributed by atoms with van der Waals surface area (Å²) in [4.78, 5) is 17.0. The Morgan fingerprint density at radius 3 is 2.96 bits per heavy atom. The zero-order valence-electron chi connectivity index (χ0n) is 14.5. The Balaban J connectivity index is 1.65. The summed E-state index contributed by atoms with van der Waals surface area (Å²) >= 11 is 5.19. The molecule has 1 aliphatic rings. The number of hydrogen-bond donors (Lipinski definition) is 3. The number of amides is 1. The van der Waals surface area contributed by atoms with Crippen molar-refractivity contribution in [2.24, 2.45) is 7.05 Å². The first-order chi connectivity index (χ1) is 12.0. The van der Waals surface area contributed by atoms with Gasteiger partial charge in [0.1, 0.15) is 0 Å². The number of nitrogens with one attached hydrogen (secondary N) is 3. The van der Waals surface area contributed by atoms with Crippen molar-refractivity contribution in [1.29, 1.82) is 0 Å². The van der Waals surface area contributed by atoms with Crippen LogP contribution in [0, 0.1) is 13.8 Å². The maximum absolute atomic E-state index is 12.6. The fourth-order valence-electron chi connectivity index (χ4n) is 2.99. The summed E-state index contributed by atoms with van der Waals surface area (Å²) < 4.78 is 7.20. The molecule has 8 nitrogen and oxygen atoms in total. The van der Waals surface area contributed by atoms with E-state index in [9.17, 15) is 4.79 Å². The molecule has 3 heterocycles. The number of fused-ring (bicyclic) bond motifs is 1. The highest BCUT2D eigenvalue weighted by Crippen LogP contribution is 2.21. The first-order valence-corrected chi connectivity index (χ1v) is 8.63. The summed E-state index contributed by atoms with van der Waals surface area (Å²) in [5, 5.41) is 8.49. The number of aryl methyl sites for hydroxylation is 3. The van der Waals surface area contributed by atoms with Gasteiger partial charge in [-0.25, -0.2) is 4.98 Å². The van der Waals surface area contributed by atoms with Crippen LogP contribution in [0.15, 0.2) is 6.07 Å². The molecule has 3 rings (SSSR count). The lowest BCUT2D eigenvalue weighted by atomic mass is 10.1. The molecule has 0 bridgehead atoms. The van der Waals surface area contributed by atoms with E-state index in [0.29, 0.717) is 22.9 Å². The summed E-state index contributed by atoms with van der Waals surface area (Å²) in [7, 11) is 1.81. The van der Waals surface area contributed by atoms with Gasteiger partial charge in [-0.2, -0.15) is 5.10 Å². The molecule has 0 unspecified atom stereocenters.